The Kier molecular flexibility index (Phi) is 3.09. The van der Waals surface area contributed by atoms with Crippen LogP contribution in [-0.4, -0.2) is 18.1 Å². The number of hydrogen-bond acceptors (Lipinski definition) is 4. The average molecular weight is 291 g/mol. The molecule has 17 heavy (non-hydrogen) atoms. The van der Waals surface area contributed by atoms with Gasteiger partial charge in [0.25, 0.3) is 0 Å². The molecular weight excluding hydrogens is 280 g/mol. The van der Waals surface area contributed by atoms with E-state index in [0.717, 1.165) is 15.7 Å². The Bertz CT molecular complexity index is 526. The van der Waals surface area contributed by atoms with E-state index in [9.17, 15) is 5.26 Å². The number of rotatable bonds is 1. The SMILES string of the molecule is CC1=NC(N)C(C#N)(c2ccc(Br)cc2)N=C1. The van der Waals surface area contributed by atoms with Gasteiger partial charge in [-0.3, -0.25) is 9.98 Å². The Balaban J connectivity index is 2.50. The quantitative estimate of drug-likeness (QED) is 0.859. The van der Waals surface area contributed by atoms with Crippen molar-refractivity contribution in [3.63, 3.8) is 0 Å². The Labute approximate surface area is 108 Å². The van der Waals surface area contributed by atoms with Crippen LogP contribution >= 0.6 is 15.9 Å². The molecule has 0 amide bonds. The maximum atomic E-state index is 9.40. The zero-order chi connectivity index (χ0) is 12.5. The minimum atomic E-state index is -1.11. The first kappa shape index (κ1) is 12.0. The van der Waals surface area contributed by atoms with Crippen LogP contribution < -0.4 is 5.73 Å². The van der Waals surface area contributed by atoms with Crippen LogP contribution in [0, 0.1) is 11.3 Å². The lowest BCUT2D eigenvalue weighted by molar-refractivity contribution is 0.461. The van der Waals surface area contributed by atoms with E-state index in [1.54, 1.807) is 6.21 Å². The summed E-state index contributed by atoms with van der Waals surface area (Å²) < 4.78 is 0.947. The van der Waals surface area contributed by atoms with E-state index in [4.69, 9.17) is 5.73 Å². The summed E-state index contributed by atoms with van der Waals surface area (Å²) in [5.41, 5.74) is 6.33. The van der Waals surface area contributed by atoms with E-state index in [0.29, 0.717) is 0 Å². The van der Waals surface area contributed by atoms with Crippen LogP contribution in [0.15, 0.2) is 38.7 Å². The summed E-state index contributed by atoms with van der Waals surface area (Å²) in [6.45, 7) is 1.81. The van der Waals surface area contributed by atoms with E-state index in [1.807, 2.05) is 31.2 Å². The molecule has 1 heterocycles. The fourth-order valence-electron chi connectivity index (χ4n) is 1.73. The second-order valence-electron chi connectivity index (χ2n) is 3.86. The van der Waals surface area contributed by atoms with Crippen LogP contribution in [0.25, 0.3) is 0 Å². The molecule has 2 rings (SSSR count). The molecule has 4 nitrogen and oxygen atoms in total. The summed E-state index contributed by atoms with van der Waals surface area (Å²) in [5.74, 6) is 0. The first-order valence-corrected chi connectivity index (χ1v) is 5.90. The lowest BCUT2D eigenvalue weighted by atomic mass is 9.88. The van der Waals surface area contributed by atoms with E-state index < -0.39 is 11.7 Å². The molecule has 0 aliphatic carbocycles. The average Bonchev–Trinajstić information content (AvgIpc) is 2.31. The zero-order valence-electron chi connectivity index (χ0n) is 9.26. The summed E-state index contributed by atoms with van der Waals surface area (Å²) in [6, 6.07) is 9.57. The molecule has 1 aromatic rings. The molecule has 0 radical (unpaired) electrons. The first-order chi connectivity index (χ1) is 8.08. The summed E-state index contributed by atoms with van der Waals surface area (Å²) in [6.07, 6.45) is 0.924. The molecule has 0 saturated carbocycles. The highest BCUT2D eigenvalue weighted by Crippen LogP contribution is 2.31. The van der Waals surface area contributed by atoms with Gasteiger partial charge in [0.1, 0.15) is 12.2 Å². The summed E-state index contributed by atoms with van der Waals surface area (Å²) in [7, 11) is 0. The van der Waals surface area contributed by atoms with Crippen molar-refractivity contribution in [3.05, 3.63) is 34.3 Å². The minimum Gasteiger partial charge on any atom is -0.306 e. The third-order valence-corrected chi connectivity index (χ3v) is 3.21. The van der Waals surface area contributed by atoms with Gasteiger partial charge in [0.2, 0.25) is 5.54 Å². The number of nitriles is 1. The van der Waals surface area contributed by atoms with E-state index in [-0.39, 0.29) is 0 Å². The normalized spacial score (nSPS) is 27.4. The molecular formula is C12H11BrN4. The van der Waals surface area contributed by atoms with E-state index >= 15 is 0 Å². The van der Waals surface area contributed by atoms with Crippen LogP contribution in [0.3, 0.4) is 0 Å². The summed E-state index contributed by atoms with van der Waals surface area (Å²) in [5, 5.41) is 9.40. The van der Waals surface area contributed by atoms with Crippen molar-refractivity contribution < 1.29 is 0 Å². The molecule has 0 fully saturated rings. The predicted molar refractivity (Wildman–Crippen MR) is 71.0 cm³/mol. The largest absolute Gasteiger partial charge is 0.306 e. The van der Waals surface area contributed by atoms with Crippen molar-refractivity contribution in [1.82, 2.24) is 0 Å². The Morgan fingerprint density at radius 1 is 1.41 bits per heavy atom. The molecule has 2 atom stereocenters. The van der Waals surface area contributed by atoms with Gasteiger partial charge in [-0.05, 0) is 24.6 Å². The minimum absolute atomic E-state index is 0.668. The van der Waals surface area contributed by atoms with E-state index in [2.05, 4.69) is 32.0 Å². The van der Waals surface area contributed by atoms with Crippen molar-refractivity contribution >= 4 is 27.9 Å². The fraction of sp³-hybridized carbons (Fsp3) is 0.250. The van der Waals surface area contributed by atoms with Gasteiger partial charge >= 0.3 is 0 Å². The maximum absolute atomic E-state index is 9.40. The molecule has 86 valence electrons. The highest BCUT2D eigenvalue weighted by molar-refractivity contribution is 9.10. The standard InChI is InChI=1S/C12H11BrN4/c1-8-6-16-12(7-14,11(15)17-8)9-2-4-10(13)5-3-9/h2-6,11H,15H2,1H3. The van der Waals surface area contributed by atoms with Crippen molar-refractivity contribution in [1.29, 1.82) is 5.26 Å². The van der Waals surface area contributed by atoms with Gasteiger partial charge < -0.3 is 5.73 Å². The lowest BCUT2D eigenvalue weighted by Gasteiger charge is -2.29. The predicted octanol–water partition coefficient (Wildman–Crippen LogP) is 2.00. The number of hydrogen-bond donors (Lipinski definition) is 1. The number of aliphatic imine (C=N–C) groups is 2. The van der Waals surface area contributed by atoms with Crippen molar-refractivity contribution in [3.8, 4) is 6.07 Å². The molecule has 2 N–H and O–H groups in total. The van der Waals surface area contributed by atoms with Gasteiger partial charge in [-0.25, -0.2) is 0 Å². The second-order valence-corrected chi connectivity index (χ2v) is 4.77. The molecule has 2 unspecified atom stereocenters. The van der Waals surface area contributed by atoms with Gasteiger partial charge in [-0.1, -0.05) is 28.1 Å². The van der Waals surface area contributed by atoms with Crippen LogP contribution in [0.2, 0.25) is 0 Å². The van der Waals surface area contributed by atoms with Crippen molar-refractivity contribution in [2.75, 3.05) is 0 Å². The number of nitrogens with two attached hydrogens (primary N) is 1. The van der Waals surface area contributed by atoms with Crippen molar-refractivity contribution in [2.45, 2.75) is 18.6 Å². The Morgan fingerprint density at radius 2 is 2.06 bits per heavy atom. The number of nitrogens with zero attached hydrogens (tertiary/aromatic N) is 3. The molecule has 5 heteroatoms. The van der Waals surface area contributed by atoms with Crippen LogP contribution in [-0.2, 0) is 5.54 Å². The molecule has 1 aliphatic heterocycles. The highest BCUT2D eigenvalue weighted by Gasteiger charge is 2.40. The van der Waals surface area contributed by atoms with Gasteiger partial charge in [0.15, 0.2) is 0 Å². The smallest absolute Gasteiger partial charge is 0.206 e. The monoisotopic (exact) mass is 290 g/mol. The molecule has 0 spiro atoms. The third kappa shape index (κ3) is 2.02. The molecule has 1 aliphatic rings. The molecule has 1 aromatic carbocycles. The highest BCUT2D eigenvalue weighted by atomic mass is 79.9. The van der Waals surface area contributed by atoms with Crippen LogP contribution in [0.5, 0.6) is 0 Å². The first-order valence-electron chi connectivity index (χ1n) is 5.11. The van der Waals surface area contributed by atoms with Gasteiger partial charge in [-0.2, -0.15) is 5.26 Å². The number of benzene rings is 1. The molecule has 0 bridgehead atoms. The van der Waals surface area contributed by atoms with Gasteiger partial charge in [-0.15, -0.1) is 0 Å². The second kappa shape index (κ2) is 4.40. The third-order valence-electron chi connectivity index (χ3n) is 2.68. The summed E-state index contributed by atoms with van der Waals surface area (Å²) in [4.78, 5) is 8.50. The van der Waals surface area contributed by atoms with Gasteiger partial charge in [0.05, 0.1) is 5.71 Å². The fourth-order valence-corrected chi connectivity index (χ4v) is 1.99. The van der Waals surface area contributed by atoms with Gasteiger partial charge in [0, 0.05) is 10.7 Å². The van der Waals surface area contributed by atoms with Crippen LogP contribution in [0.1, 0.15) is 12.5 Å². The lowest BCUT2D eigenvalue weighted by Crippen LogP contribution is -2.44. The number of halogens is 1. The molecule has 0 aromatic heterocycles. The van der Waals surface area contributed by atoms with Crippen molar-refractivity contribution in [2.24, 2.45) is 15.7 Å². The Morgan fingerprint density at radius 3 is 2.59 bits per heavy atom. The zero-order valence-corrected chi connectivity index (χ0v) is 10.8. The summed E-state index contributed by atoms with van der Waals surface area (Å²) >= 11 is 3.35. The van der Waals surface area contributed by atoms with E-state index in [1.165, 1.54) is 0 Å². The molecule has 0 saturated heterocycles. The van der Waals surface area contributed by atoms with Crippen LogP contribution in [0.4, 0.5) is 0 Å². The Hall–Kier alpha value is -1.51. The topological polar surface area (TPSA) is 74.5 Å². The maximum Gasteiger partial charge on any atom is 0.206 e.